The van der Waals surface area contributed by atoms with Gasteiger partial charge in [-0.1, -0.05) is 35.5 Å². The van der Waals surface area contributed by atoms with Crippen LogP contribution in [-0.2, 0) is 35.0 Å². The number of aryl methyl sites for hydroxylation is 1. The highest BCUT2D eigenvalue weighted by atomic mass is 16.6. The van der Waals surface area contributed by atoms with Gasteiger partial charge in [-0.15, -0.1) is 0 Å². The van der Waals surface area contributed by atoms with Gasteiger partial charge in [0.15, 0.2) is 11.5 Å². The van der Waals surface area contributed by atoms with Crippen LogP contribution in [-0.4, -0.2) is 86.4 Å². The Morgan fingerprint density at radius 2 is 1.54 bits per heavy atom. The summed E-state index contributed by atoms with van der Waals surface area (Å²) < 4.78 is 20.4. The summed E-state index contributed by atoms with van der Waals surface area (Å²) in [5.41, 5.74) is -0.112. The van der Waals surface area contributed by atoms with Crippen LogP contribution in [0.5, 0.6) is 0 Å². The molecule has 0 saturated carbocycles. The fourth-order valence-corrected chi connectivity index (χ4v) is 3.63. The number of hydrogen-bond donors (Lipinski definition) is 3. The minimum Gasteiger partial charge on any atom is -0.382 e. The molecule has 4 atom stereocenters. The number of epoxide rings is 1. The van der Waals surface area contributed by atoms with E-state index < -0.39 is 41.4 Å². The normalized spacial score (nSPS) is 18.8. The zero-order valence-electron chi connectivity index (χ0n) is 21.2. The van der Waals surface area contributed by atoms with Crippen molar-refractivity contribution in [2.45, 2.75) is 44.0 Å². The van der Waals surface area contributed by atoms with Gasteiger partial charge in [-0.25, -0.2) is 0 Å². The van der Waals surface area contributed by atoms with Crippen LogP contribution in [0.4, 0.5) is 0 Å². The van der Waals surface area contributed by atoms with Crippen molar-refractivity contribution in [1.29, 1.82) is 0 Å². The monoisotopic (exact) mass is 516 g/mol. The fraction of sp³-hybridized carbons (Fsp3) is 0.480. The molecular formula is C25H32N4O8. The van der Waals surface area contributed by atoms with Gasteiger partial charge >= 0.3 is 0 Å². The predicted octanol–water partition coefficient (Wildman–Crippen LogP) is -0.0555. The summed E-state index contributed by atoms with van der Waals surface area (Å²) in [6.07, 6.45) is 0.248. The van der Waals surface area contributed by atoms with E-state index >= 15 is 0 Å². The van der Waals surface area contributed by atoms with Crippen LogP contribution in [0.25, 0.3) is 0 Å². The second-order valence-corrected chi connectivity index (χ2v) is 8.96. The Morgan fingerprint density at radius 1 is 0.973 bits per heavy atom. The number of ether oxygens (including phenoxy) is 3. The van der Waals surface area contributed by atoms with E-state index in [4.69, 9.17) is 18.7 Å². The summed E-state index contributed by atoms with van der Waals surface area (Å²) in [6, 6.07) is 7.49. The molecule has 1 fully saturated rings. The number of aromatic nitrogens is 1. The van der Waals surface area contributed by atoms with E-state index in [9.17, 15) is 19.2 Å². The number of nitrogens with zero attached hydrogens (tertiary/aromatic N) is 1. The highest BCUT2D eigenvalue weighted by molar-refractivity contribution is 5.99. The molecule has 1 saturated heterocycles. The molecule has 200 valence electrons. The number of carbonyl (C=O) groups excluding carboxylic acids is 4. The summed E-state index contributed by atoms with van der Waals surface area (Å²) >= 11 is 0. The van der Waals surface area contributed by atoms with Gasteiger partial charge in [-0.2, -0.15) is 0 Å². The first-order chi connectivity index (χ1) is 17.7. The van der Waals surface area contributed by atoms with Gasteiger partial charge in [0.2, 0.25) is 11.8 Å². The first kappa shape index (κ1) is 28.0. The molecule has 2 aromatic rings. The smallest absolute Gasteiger partial charge is 0.274 e. The van der Waals surface area contributed by atoms with Crippen molar-refractivity contribution in [2.24, 2.45) is 0 Å². The van der Waals surface area contributed by atoms with Crippen LogP contribution >= 0.6 is 0 Å². The van der Waals surface area contributed by atoms with Crippen LogP contribution in [0.2, 0.25) is 0 Å². The maximum Gasteiger partial charge on any atom is 0.274 e. The topological polar surface area (TPSA) is 161 Å². The zero-order valence-corrected chi connectivity index (χ0v) is 21.2. The first-order valence-corrected chi connectivity index (χ1v) is 11.7. The average molecular weight is 517 g/mol. The van der Waals surface area contributed by atoms with Crippen LogP contribution in [0, 0.1) is 6.92 Å². The summed E-state index contributed by atoms with van der Waals surface area (Å²) in [5.74, 6) is -1.79. The van der Waals surface area contributed by atoms with Crippen LogP contribution in [0.15, 0.2) is 40.9 Å². The molecule has 1 aromatic heterocycles. The molecule has 1 aliphatic heterocycles. The summed E-state index contributed by atoms with van der Waals surface area (Å²) in [7, 11) is 2.74. The SMILES string of the molecule is COCC(NC(=O)c1cc(C)on1)C(=O)N[C@@H](COC)C(=O)NC(Cc1ccccc1)C(=O)[C@@]1(C)CO1. The van der Waals surface area contributed by atoms with E-state index in [2.05, 4.69) is 21.1 Å². The summed E-state index contributed by atoms with van der Waals surface area (Å²) in [6.45, 7) is 3.23. The van der Waals surface area contributed by atoms with Gasteiger partial charge in [0.05, 0.1) is 25.9 Å². The second kappa shape index (κ2) is 12.6. The molecular weight excluding hydrogens is 484 g/mol. The number of hydrogen-bond acceptors (Lipinski definition) is 9. The Bertz CT molecular complexity index is 1100. The lowest BCUT2D eigenvalue weighted by atomic mass is 9.94. The van der Waals surface area contributed by atoms with E-state index in [0.29, 0.717) is 5.76 Å². The molecule has 1 aromatic carbocycles. The molecule has 0 bridgehead atoms. The Hall–Kier alpha value is -3.61. The summed E-state index contributed by atoms with van der Waals surface area (Å²) in [5, 5.41) is 11.4. The van der Waals surface area contributed by atoms with Crippen molar-refractivity contribution in [3.05, 3.63) is 53.4 Å². The molecule has 0 radical (unpaired) electrons. The van der Waals surface area contributed by atoms with Crippen LogP contribution in [0.1, 0.15) is 28.7 Å². The van der Waals surface area contributed by atoms with Crippen LogP contribution in [0.3, 0.4) is 0 Å². The number of Topliss-reactive ketones (excluding diaryl/α,β-unsaturated/α-hetero) is 1. The number of ketones is 1. The molecule has 2 heterocycles. The summed E-state index contributed by atoms with van der Waals surface area (Å²) in [4.78, 5) is 51.8. The van der Waals surface area contributed by atoms with Crippen molar-refractivity contribution in [3.63, 3.8) is 0 Å². The predicted molar refractivity (Wildman–Crippen MR) is 130 cm³/mol. The van der Waals surface area contributed by atoms with Gasteiger partial charge in [0.1, 0.15) is 23.4 Å². The van der Waals surface area contributed by atoms with E-state index in [1.54, 1.807) is 13.8 Å². The lowest BCUT2D eigenvalue weighted by Crippen LogP contribution is -2.59. The molecule has 12 nitrogen and oxygen atoms in total. The number of nitrogens with one attached hydrogen (secondary N) is 3. The van der Waals surface area contributed by atoms with E-state index in [1.165, 1.54) is 20.3 Å². The number of carbonyl (C=O) groups is 4. The van der Waals surface area contributed by atoms with Gasteiger partial charge in [-0.05, 0) is 25.8 Å². The fourth-order valence-electron chi connectivity index (χ4n) is 3.63. The second-order valence-electron chi connectivity index (χ2n) is 8.96. The van der Waals surface area contributed by atoms with Crippen molar-refractivity contribution < 1.29 is 37.9 Å². The number of rotatable bonds is 14. The van der Waals surface area contributed by atoms with Gasteiger partial charge in [-0.3, -0.25) is 19.2 Å². The lowest BCUT2D eigenvalue weighted by molar-refractivity contribution is -0.134. The number of benzene rings is 1. The molecule has 1 aliphatic rings. The van der Waals surface area contributed by atoms with Gasteiger partial charge in [0, 0.05) is 20.3 Å². The van der Waals surface area contributed by atoms with E-state index in [1.807, 2.05) is 30.3 Å². The zero-order chi connectivity index (χ0) is 27.0. The Labute approximate surface area is 214 Å². The molecule has 2 unspecified atom stereocenters. The molecule has 37 heavy (non-hydrogen) atoms. The molecule has 3 rings (SSSR count). The minimum absolute atomic E-state index is 0.00403. The molecule has 3 N–H and O–H groups in total. The van der Waals surface area contributed by atoms with Crippen LogP contribution < -0.4 is 16.0 Å². The standard InChI is InChI=1S/C25H32N4O8/c1-15-10-18(29-37-15)22(31)27-20(13-35-4)24(33)28-19(12-34-3)23(32)26-17(21(30)25(2)14-36-25)11-16-8-6-5-7-9-16/h5-10,17,19-20H,11-14H2,1-4H3,(H,26,32)(H,27,31)(H,28,33)/t17?,19-,20?,25+/m0/s1. The number of amides is 3. The van der Waals surface area contributed by atoms with Gasteiger partial charge < -0.3 is 34.7 Å². The van der Waals surface area contributed by atoms with E-state index in [0.717, 1.165) is 5.56 Å². The molecule has 12 heteroatoms. The Morgan fingerprint density at radius 3 is 2.05 bits per heavy atom. The third-order valence-electron chi connectivity index (χ3n) is 5.80. The van der Waals surface area contributed by atoms with Crippen molar-refractivity contribution in [2.75, 3.05) is 34.0 Å². The largest absolute Gasteiger partial charge is 0.382 e. The third kappa shape index (κ3) is 7.68. The molecule has 0 aliphatic carbocycles. The third-order valence-corrected chi connectivity index (χ3v) is 5.80. The molecule has 0 spiro atoms. The Kier molecular flexibility index (Phi) is 9.50. The molecule has 3 amide bonds. The van der Waals surface area contributed by atoms with Crippen molar-refractivity contribution in [3.8, 4) is 0 Å². The Balaban J connectivity index is 1.70. The average Bonchev–Trinajstić information content (AvgIpc) is 3.48. The lowest BCUT2D eigenvalue weighted by Gasteiger charge is -2.25. The highest BCUT2D eigenvalue weighted by Gasteiger charge is 2.50. The van der Waals surface area contributed by atoms with Gasteiger partial charge in [0.25, 0.3) is 5.91 Å². The van der Waals surface area contributed by atoms with Crippen molar-refractivity contribution >= 4 is 23.5 Å². The minimum atomic E-state index is -1.15. The number of methoxy groups -OCH3 is 2. The first-order valence-electron chi connectivity index (χ1n) is 11.7. The van der Waals surface area contributed by atoms with Crippen molar-refractivity contribution in [1.82, 2.24) is 21.1 Å². The maximum atomic E-state index is 13.2. The quantitative estimate of drug-likeness (QED) is 0.292. The van der Waals surface area contributed by atoms with E-state index in [-0.39, 0.29) is 37.7 Å². The maximum absolute atomic E-state index is 13.2. The highest BCUT2D eigenvalue weighted by Crippen LogP contribution is 2.29.